The fraction of sp³-hybridized carbons (Fsp3) is 0.0714. The van der Waals surface area contributed by atoms with E-state index in [1.54, 1.807) is 0 Å². The minimum Gasteiger partial charge on any atom is -0.453 e. The summed E-state index contributed by atoms with van der Waals surface area (Å²) in [7, 11) is 0. The Morgan fingerprint density at radius 2 is 1.82 bits per heavy atom. The second-order valence-corrected chi connectivity index (χ2v) is 4.19. The van der Waals surface area contributed by atoms with Crippen LogP contribution in [0.25, 0.3) is 16.7 Å². The van der Waals surface area contributed by atoms with Crippen LogP contribution in [0.5, 0.6) is 11.5 Å². The molecule has 0 fully saturated rings. The highest BCUT2D eigenvalue weighted by molar-refractivity contribution is 5.87. The average Bonchev–Trinajstić information content (AvgIpc) is 2.69. The molecule has 2 heterocycles. The first-order valence-electron chi connectivity index (χ1n) is 5.60. The first-order chi connectivity index (χ1) is 8.34. The first kappa shape index (κ1) is 8.82. The highest BCUT2D eigenvalue weighted by Crippen LogP contribution is 2.40. The van der Waals surface area contributed by atoms with Crippen molar-refractivity contribution in [2.45, 2.75) is 6.92 Å². The topological polar surface area (TPSA) is 27.1 Å². The number of ether oxygens (including phenoxy) is 1. The summed E-state index contributed by atoms with van der Waals surface area (Å²) in [6.45, 7) is 2.02. The highest BCUT2D eigenvalue weighted by Gasteiger charge is 2.21. The Kier molecular flexibility index (Phi) is 1.50. The Balaban J connectivity index is 2.24. The molecule has 0 bridgehead atoms. The van der Waals surface area contributed by atoms with Crippen LogP contribution in [0, 0.1) is 6.92 Å². The van der Waals surface area contributed by atoms with Crippen molar-refractivity contribution in [1.29, 1.82) is 0 Å². The SMILES string of the molecule is Cc1nc2cccc3c2n1-c1ccccc1O3. The molecule has 0 saturated heterocycles. The van der Waals surface area contributed by atoms with E-state index in [2.05, 4.69) is 15.6 Å². The monoisotopic (exact) mass is 222 g/mol. The van der Waals surface area contributed by atoms with Gasteiger partial charge in [-0.05, 0) is 31.2 Å². The Labute approximate surface area is 98.3 Å². The molecule has 0 saturated carbocycles. The van der Waals surface area contributed by atoms with Crippen molar-refractivity contribution in [1.82, 2.24) is 9.55 Å². The number of nitrogens with zero attached hydrogens (tertiary/aromatic N) is 2. The van der Waals surface area contributed by atoms with Gasteiger partial charge in [0.25, 0.3) is 0 Å². The Hall–Kier alpha value is -2.29. The molecule has 17 heavy (non-hydrogen) atoms. The van der Waals surface area contributed by atoms with Gasteiger partial charge in [-0.15, -0.1) is 0 Å². The molecule has 0 spiro atoms. The number of benzene rings is 2. The summed E-state index contributed by atoms with van der Waals surface area (Å²) in [6, 6.07) is 14.0. The van der Waals surface area contributed by atoms with Crippen LogP contribution in [0.4, 0.5) is 0 Å². The Morgan fingerprint density at radius 3 is 2.76 bits per heavy atom. The lowest BCUT2D eigenvalue weighted by molar-refractivity contribution is 0.475. The predicted molar refractivity (Wildman–Crippen MR) is 65.9 cm³/mol. The molecule has 4 rings (SSSR count). The molecule has 3 aromatic rings. The number of hydrogen-bond acceptors (Lipinski definition) is 2. The number of imidazole rings is 1. The van der Waals surface area contributed by atoms with Gasteiger partial charge < -0.3 is 4.74 Å². The molecule has 1 aliphatic rings. The molecule has 3 heteroatoms. The van der Waals surface area contributed by atoms with Crippen LogP contribution >= 0.6 is 0 Å². The normalized spacial score (nSPS) is 12.3. The van der Waals surface area contributed by atoms with E-state index in [1.807, 2.05) is 43.3 Å². The second kappa shape index (κ2) is 2.88. The zero-order valence-electron chi connectivity index (χ0n) is 9.34. The summed E-state index contributed by atoms with van der Waals surface area (Å²) in [4.78, 5) is 4.57. The molecule has 82 valence electrons. The van der Waals surface area contributed by atoms with Crippen molar-refractivity contribution >= 4 is 11.0 Å². The van der Waals surface area contributed by atoms with Gasteiger partial charge in [-0.2, -0.15) is 0 Å². The molecule has 0 unspecified atom stereocenters. The van der Waals surface area contributed by atoms with Gasteiger partial charge in [-0.25, -0.2) is 4.98 Å². The van der Waals surface area contributed by atoms with E-state index in [9.17, 15) is 0 Å². The van der Waals surface area contributed by atoms with Gasteiger partial charge >= 0.3 is 0 Å². The smallest absolute Gasteiger partial charge is 0.153 e. The summed E-state index contributed by atoms with van der Waals surface area (Å²) < 4.78 is 8.06. The minimum atomic E-state index is 0.877. The van der Waals surface area contributed by atoms with Gasteiger partial charge in [0.05, 0.1) is 11.2 Å². The van der Waals surface area contributed by atoms with Crippen LogP contribution in [0.15, 0.2) is 42.5 Å². The molecular formula is C14H10N2O. The molecule has 0 aliphatic carbocycles. The van der Waals surface area contributed by atoms with Crippen LogP contribution in [0.3, 0.4) is 0 Å². The van der Waals surface area contributed by atoms with E-state index in [0.717, 1.165) is 34.0 Å². The molecule has 1 aliphatic heterocycles. The summed E-state index contributed by atoms with van der Waals surface area (Å²) in [5.41, 5.74) is 3.10. The average molecular weight is 222 g/mol. The number of aromatic nitrogens is 2. The molecule has 2 aromatic carbocycles. The van der Waals surface area contributed by atoms with E-state index in [4.69, 9.17) is 4.74 Å². The molecule has 0 radical (unpaired) electrons. The molecular weight excluding hydrogens is 212 g/mol. The zero-order valence-corrected chi connectivity index (χ0v) is 9.34. The number of aryl methyl sites for hydroxylation is 1. The summed E-state index contributed by atoms with van der Waals surface area (Å²) >= 11 is 0. The molecule has 0 atom stereocenters. The Bertz CT molecular complexity index is 743. The molecule has 3 nitrogen and oxygen atoms in total. The van der Waals surface area contributed by atoms with Crippen molar-refractivity contribution in [3.05, 3.63) is 48.3 Å². The van der Waals surface area contributed by atoms with Crippen molar-refractivity contribution in [2.75, 3.05) is 0 Å². The van der Waals surface area contributed by atoms with Crippen LogP contribution in [-0.2, 0) is 0 Å². The maximum Gasteiger partial charge on any atom is 0.153 e. The number of fused-ring (bicyclic) bond motifs is 2. The maximum absolute atomic E-state index is 5.90. The van der Waals surface area contributed by atoms with Crippen LogP contribution in [-0.4, -0.2) is 9.55 Å². The quantitative estimate of drug-likeness (QED) is 0.455. The zero-order chi connectivity index (χ0) is 11.4. The van der Waals surface area contributed by atoms with E-state index in [1.165, 1.54) is 0 Å². The van der Waals surface area contributed by atoms with Crippen LogP contribution in [0.2, 0.25) is 0 Å². The lowest BCUT2D eigenvalue weighted by Gasteiger charge is -2.19. The summed E-state index contributed by atoms with van der Waals surface area (Å²) in [6.07, 6.45) is 0. The third-order valence-electron chi connectivity index (χ3n) is 3.13. The summed E-state index contributed by atoms with van der Waals surface area (Å²) in [5.74, 6) is 2.75. The molecule has 1 aromatic heterocycles. The fourth-order valence-electron chi connectivity index (χ4n) is 2.44. The lowest BCUT2D eigenvalue weighted by atomic mass is 10.2. The number of para-hydroxylation sites is 3. The Morgan fingerprint density at radius 1 is 1.00 bits per heavy atom. The van der Waals surface area contributed by atoms with Crippen LogP contribution < -0.4 is 4.74 Å². The van der Waals surface area contributed by atoms with E-state index in [0.29, 0.717) is 0 Å². The number of rotatable bonds is 0. The predicted octanol–water partition coefficient (Wildman–Crippen LogP) is 3.44. The first-order valence-corrected chi connectivity index (χ1v) is 5.60. The largest absolute Gasteiger partial charge is 0.453 e. The minimum absolute atomic E-state index is 0.877. The van der Waals surface area contributed by atoms with Crippen molar-refractivity contribution in [2.24, 2.45) is 0 Å². The van der Waals surface area contributed by atoms with Crippen molar-refractivity contribution in [3.8, 4) is 17.2 Å². The molecule has 0 N–H and O–H groups in total. The fourth-order valence-corrected chi connectivity index (χ4v) is 2.44. The third-order valence-corrected chi connectivity index (χ3v) is 3.13. The third kappa shape index (κ3) is 1.03. The van der Waals surface area contributed by atoms with Gasteiger partial charge in [0, 0.05) is 0 Å². The second-order valence-electron chi connectivity index (χ2n) is 4.19. The van der Waals surface area contributed by atoms with E-state index < -0.39 is 0 Å². The van der Waals surface area contributed by atoms with Crippen molar-refractivity contribution in [3.63, 3.8) is 0 Å². The lowest BCUT2D eigenvalue weighted by Crippen LogP contribution is -2.05. The highest BCUT2D eigenvalue weighted by atomic mass is 16.5. The van der Waals surface area contributed by atoms with Crippen molar-refractivity contribution < 1.29 is 4.74 Å². The van der Waals surface area contributed by atoms with Gasteiger partial charge in [-0.1, -0.05) is 18.2 Å². The van der Waals surface area contributed by atoms with Crippen LogP contribution in [0.1, 0.15) is 5.82 Å². The summed E-state index contributed by atoms with van der Waals surface area (Å²) in [5, 5.41) is 0. The van der Waals surface area contributed by atoms with Gasteiger partial charge in [0.2, 0.25) is 0 Å². The number of hydrogen-bond donors (Lipinski definition) is 0. The molecule has 0 amide bonds. The van der Waals surface area contributed by atoms with Gasteiger partial charge in [0.15, 0.2) is 11.5 Å². The maximum atomic E-state index is 5.90. The van der Waals surface area contributed by atoms with E-state index >= 15 is 0 Å². The van der Waals surface area contributed by atoms with Gasteiger partial charge in [-0.3, -0.25) is 4.57 Å². The van der Waals surface area contributed by atoms with Gasteiger partial charge in [0.1, 0.15) is 11.3 Å². The standard InChI is InChI=1S/C14H10N2O/c1-9-15-10-5-4-8-13-14(10)16(9)11-6-2-3-7-12(11)17-13/h2-8H,1H3. The van der Waals surface area contributed by atoms with E-state index in [-0.39, 0.29) is 0 Å².